The Kier molecular flexibility index (Phi) is 4.89. The number of ether oxygens (including phenoxy) is 1. The van der Waals surface area contributed by atoms with Crippen LogP contribution in [0, 0.1) is 0 Å². The van der Waals surface area contributed by atoms with Crippen LogP contribution in [0.5, 0.6) is 5.75 Å². The molecule has 90 valence electrons. The van der Waals surface area contributed by atoms with Gasteiger partial charge in [0, 0.05) is 16.8 Å². The normalized spacial score (nSPS) is 11.4. The fourth-order valence-corrected chi connectivity index (χ4v) is 1.97. The lowest BCUT2D eigenvalue weighted by atomic mass is 10.3. The first-order chi connectivity index (χ1) is 7.44. The topological polar surface area (TPSA) is 43.4 Å². The van der Waals surface area contributed by atoms with Crippen molar-refractivity contribution >= 4 is 33.0 Å². The molecule has 0 unspecified atom stereocenters. The largest absolute Gasteiger partial charge is 0.491 e. The van der Waals surface area contributed by atoms with E-state index in [-0.39, 0.29) is 18.1 Å². The summed E-state index contributed by atoms with van der Waals surface area (Å²) in [5.41, 5.74) is 0. The van der Waals surface area contributed by atoms with Crippen molar-refractivity contribution in [3.8, 4) is 5.75 Å². The molecule has 0 heterocycles. The maximum atomic E-state index is 11.2. The highest BCUT2D eigenvalue weighted by molar-refractivity contribution is 7.91. The van der Waals surface area contributed by atoms with Gasteiger partial charge in [0.05, 0.1) is 10.8 Å². The average Bonchev–Trinajstić information content (AvgIpc) is 2.23. The van der Waals surface area contributed by atoms with Gasteiger partial charge in [-0.25, -0.2) is 8.42 Å². The monoisotopic (exact) mass is 282 g/mol. The molecule has 0 aliphatic heterocycles. The van der Waals surface area contributed by atoms with E-state index in [1.54, 1.807) is 25.1 Å². The highest BCUT2D eigenvalue weighted by atomic mass is 35.5. The predicted octanol–water partition coefficient (Wildman–Crippen LogP) is 2.81. The Bertz CT molecular complexity index is 457. The van der Waals surface area contributed by atoms with Gasteiger partial charge in [0.25, 0.3) is 0 Å². The number of sulfone groups is 1. The third-order valence-corrected chi connectivity index (χ3v) is 4.20. The summed E-state index contributed by atoms with van der Waals surface area (Å²) in [5, 5.41) is 0.913. The van der Waals surface area contributed by atoms with E-state index in [1.807, 2.05) is 0 Å². The van der Waals surface area contributed by atoms with Gasteiger partial charge in [0.15, 0.2) is 9.84 Å². The molecule has 0 bridgehead atoms. The van der Waals surface area contributed by atoms with E-state index in [4.69, 9.17) is 27.9 Å². The van der Waals surface area contributed by atoms with Crippen molar-refractivity contribution in [2.45, 2.75) is 6.92 Å². The Balaban J connectivity index is 2.59. The molecule has 16 heavy (non-hydrogen) atoms. The van der Waals surface area contributed by atoms with Crippen molar-refractivity contribution < 1.29 is 13.2 Å². The molecular formula is C10H12Cl2O3S. The van der Waals surface area contributed by atoms with E-state index >= 15 is 0 Å². The maximum absolute atomic E-state index is 11.2. The fraction of sp³-hybridized carbons (Fsp3) is 0.400. The first-order valence-electron chi connectivity index (χ1n) is 4.73. The molecule has 1 aromatic rings. The predicted molar refractivity (Wildman–Crippen MR) is 66.3 cm³/mol. The third-order valence-electron chi connectivity index (χ3n) is 1.98. The van der Waals surface area contributed by atoms with E-state index in [1.165, 1.54) is 0 Å². The van der Waals surface area contributed by atoms with Crippen molar-refractivity contribution in [2.75, 3.05) is 18.1 Å². The lowest BCUT2D eigenvalue weighted by Crippen LogP contribution is -2.15. The smallest absolute Gasteiger partial charge is 0.153 e. The molecular weight excluding hydrogens is 271 g/mol. The molecule has 0 atom stereocenters. The quantitative estimate of drug-likeness (QED) is 0.834. The van der Waals surface area contributed by atoms with Crippen molar-refractivity contribution in [2.24, 2.45) is 0 Å². The van der Waals surface area contributed by atoms with Crippen molar-refractivity contribution in [1.29, 1.82) is 0 Å². The minimum Gasteiger partial charge on any atom is -0.491 e. The van der Waals surface area contributed by atoms with Crippen LogP contribution in [0.1, 0.15) is 6.92 Å². The summed E-state index contributed by atoms with van der Waals surface area (Å²) in [4.78, 5) is 0. The van der Waals surface area contributed by atoms with Gasteiger partial charge >= 0.3 is 0 Å². The Labute approximate surface area is 105 Å². The van der Waals surface area contributed by atoms with Crippen LogP contribution < -0.4 is 4.74 Å². The number of benzene rings is 1. The van der Waals surface area contributed by atoms with Crippen LogP contribution in [-0.4, -0.2) is 26.5 Å². The lowest BCUT2D eigenvalue weighted by molar-refractivity contribution is 0.341. The van der Waals surface area contributed by atoms with E-state index in [2.05, 4.69) is 0 Å². The summed E-state index contributed by atoms with van der Waals surface area (Å²) in [7, 11) is -3.01. The summed E-state index contributed by atoms with van der Waals surface area (Å²) in [6.45, 7) is 1.68. The van der Waals surface area contributed by atoms with Gasteiger partial charge in [0.2, 0.25) is 0 Å². The van der Waals surface area contributed by atoms with E-state index < -0.39 is 9.84 Å². The van der Waals surface area contributed by atoms with Crippen LogP contribution in [-0.2, 0) is 9.84 Å². The van der Waals surface area contributed by atoms with Crippen LogP contribution in [0.15, 0.2) is 18.2 Å². The molecule has 1 rings (SSSR count). The van der Waals surface area contributed by atoms with Crippen molar-refractivity contribution in [3.63, 3.8) is 0 Å². The fourth-order valence-electron chi connectivity index (χ4n) is 1.01. The summed E-state index contributed by atoms with van der Waals surface area (Å²) in [6.07, 6.45) is 0. The molecule has 0 fully saturated rings. The second kappa shape index (κ2) is 5.75. The molecule has 6 heteroatoms. The molecule has 0 aliphatic rings. The molecule has 0 N–H and O–H groups in total. The zero-order chi connectivity index (χ0) is 12.2. The number of rotatable bonds is 5. The first kappa shape index (κ1) is 13.6. The van der Waals surface area contributed by atoms with E-state index in [0.717, 1.165) is 0 Å². The minimum absolute atomic E-state index is 0.0215. The third kappa shape index (κ3) is 4.20. The van der Waals surface area contributed by atoms with Crippen LogP contribution in [0.25, 0.3) is 0 Å². The zero-order valence-electron chi connectivity index (χ0n) is 8.74. The van der Waals surface area contributed by atoms with Crippen molar-refractivity contribution in [1.82, 2.24) is 0 Å². The van der Waals surface area contributed by atoms with Crippen LogP contribution >= 0.6 is 23.2 Å². The molecule has 0 saturated carbocycles. The zero-order valence-corrected chi connectivity index (χ0v) is 11.1. The lowest BCUT2D eigenvalue weighted by Gasteiger charge is -2.08. The summed E-state index contributed by atoms with van der Waals surface area (Å²) in [6, 6.07) is 4.80. The van der Waals surface area contributed by atoms with Crippen molar-refractivity contribution in [3.05, 3.63) is 28.2 Å². The van der Waals surface area contributed by atoms with Crippen LogP contribution in [0.4, 0.5) is 0 Å². The highest BCUT2D eigenvalue weighted by Crippen LogP contribution is 2.27. The number of halogens is 2. The first-order valence-corrected chi connectivity index (χ1v) is 7.30. The maximum Gasteiger partial charge on any atom is 0.153 e. The average molecular weight is 283 g/mol. The molecule has 0 amide bonds. The highest BCUT2D eigenvalue weighted by Gasteiger charge is 2.08. The molecule has 0 aliphatic carbocycles. The van der Waals surface area contributed by atoms with E-state index in [0.29, 0.717) is 15.8 Å². The molecule has 1 aromatic carbocycles. The van der Waals surface area contributed by atoms with Crippen LogP contribution in [0.2, 0.25) is 10.0 Å². The van der Waals surface area contributed by atoms with Gasteiger partial charge in [-0.1, -0.05) is 30.1 Å². The Morgan fingerprint density at radius 1 is 1.31 bits per heavy atom. The summed E-state index contributed by atoms with van der Waals surface area (Å²) >= 11 is 11.6. The molecule has 0 spiro atoms. The molecule has 0 radical (unpaired) electrons. The second-order valence-corrected chi connectivity index (χ2v) is 6.48. The van der Waals surface area contributed by atoms with Gasteiger partial charge < -0.3 is 4.74 Å². The SMILES string of the molecule is CCS(=O)(=O)CCOc1cc(Cl)ccc1Cl. The Hall–Kier alpha value is -0.450. The summed E-state index contributed by atoms with van der Waals surface area (Å²) in [5.74, 6) is 0.492. The number of hydrogen-bond donors (Lipinski definition) is 0. The molecule has 3 nitrogen and oxygen atoms in total. The summed E-state index contributed by atoms with van der Waals surface area (Å²) < 4.78 is 27.7. The number of hydrogen-bond acceptors (Lipinski definition) is 3. The molecule has 0 aromatic heterocycles. The van der Waals surface area contributed by atoms with Gasteiger partial charge in [-0.05, 0) is 12.1 Å². The standard InChI is InChI=1S/C10H12Cl2O3S/c1-2-16(13,14)6-5-15-10-7-8(11)3-4-9(10)12/h3-4,7H,2,5-6H2,1H3. The Morgan fingerprint density at radius 2 is 2.00 bits per heavy atom. The Morgan fingerprint density at radius 3 is 2.62 bits per heavy atom. The van der Waals surface area contributed by atoms with Gasteiger partial charge in [-0.3, -0.25) is 0 Å². The second-order valence-electron chi connectivity index (χ2n) is 3.16. The van der Waals surface area contributed by atoms with Gasteiger partial charge in [0.1, 0.15) is 12.4 Å². The molecule has 0 saturated heterocycles. The minimum atomic E-state index is -3.01. The van der Waals surface area contributed by atoms with Gasteiger partial charge in [-0.2, -0.15) is 0 Å². The van der Waals surface area contributed by atoms with Crippen LogP contribution in [0.3, 0.4) is 0 Å². The van der Waals surface area contributed by atoms with Gasteiger partial charge in [-0.15, -0.1) is 0 Å². The van der Waals surface area contributed by atoms with E-state index in [9.17, 15) is 8.42 Å².